The lowest BCUT2D eigenvalue weighted by molar-refractivity contribution is 0.0475. The summed E-state index contributed by atoms with van der Waals surface area (Å²) < 4.78 is 11.4. The average Bonchev–Trinajstić information content (AvgIpc) is 2.78. The molecule has 7 nitrogen and oxygen atoms in total. The first-order chi connectivity index (χ1) is 10.8. The third kappa shape index (κ3) is 3.45. The van der Waals surface area contributed by atoms with Gasteiger partial charge < -0.3 is 15.2 Å². The first-order valence-electron chi connectivity index (χ1n) is 6.68. The highest BCUT2D eigenvalue weighted by molar-refractivity contribution is 6.34. The summed E-state index contributed by atoms with van der Waals surface area (Å²) in [5, 5.41) is 4.28. The molecule has 8 heteroatoms. The number of halogens is 1. The SMILES string of the molecule is COc1ccc(Cl)c(C(=O)COC(=O)c2c(C)nn(C)c2N)c1. The lowest BCUT2D eigenvalue weighted by Crippen LogP contribution is -2.16. The van der Waals surface area contributed by atoms with E-state index < -0.39 is 18.4 Å². The molecule has 1 heterocycles. The molecule has 2 N–H and O–H groups in total. The van der Waals surface area contributed by atoms with Gasteiger partial charge in [0.2, 0.25) is 5.78 Å². The predicted molar refractivity (Wildman–Crippen MR) is 85.0 cm³/mol. The molecule has 0 aliphatic rings. The summed E-state index contributed by atoms with van der Waals surface area (Å²) in [5.74, 6) is -0.487. The smallest absolute Gasteiger partial charge is 0.344 e. The second-order valence-corrected chi connectivity index (χ2v) is 5.22. The van der Waals surface area contributed by atoms with Crippen LogP contribution in [0.25, 0.3) is 0 Å². The molecule has 0 fully saturated rings. The largest absolute Gasteiger partial charge is 0.497 e. The molecular formula is C15H16ClN3O4. The molecule has 0 amide bonds. The van der Waals surface area contributed by atoms with Gasteiger partial charge in [0.05, 0.1) is 17.8 Å². The van der Waals surface area contributed by atoms with Gasteiger partial charge in [-0.05, 0) is 25.1 Å². The first-order valence-corrected chi connectivity index (χ1v) is 7.06. The maximum absolute atomic E-state index is 12.2. The number of hydrogen-bond donors (Lipinski definition) is 1. The number of nitrogen functional groups attached to an aromatic ring is 1. The Bertz CT molecular complexity index is 770. The second kappa shape index (κ2) is 6.70. The van der Waals surface area contributed by atoms with E-state index >= 15 is 0 Å². The maximum Gasteiger partial charge on any atom is 0.344 e. The molecule has 0 unspecified atom stereocenters. The summed E-state index contributed by atoms with van der Waals surface area (Å²) in [7, 11) is 3.09. The topological polar surface area (TPSA) is 96.4 Å². The van der Waals surface area contributed by atoms with Crippen LogP contribution in [0.15, 0.2) is 18.2 Å². The monoisotopic (exact) mass is 337 g/mol. The molecule has 0 radical (unpaired) electrons. The van der Waals surface area contributed by atoms with Crippen LogP contribution in [0.4, 0.5) is 5.82 Å². The number of aromatic nitrogens is 2. The predicted octanol–water partition coefficient (Wildman–Crippen LogP) is 2.01. The molecule has 2 rings (SSSR count). The fourth-order valence-electron chi connectivity index (χ4n) is 2.05. The molecule has 23 heavy (non-hydrogen) atoms. The van der Waals surface area contributed by atoms with Crippen molar-refractivity contribution in [2.75, 3.05) is 19.5 Å². The average molecular weight is 338 g/mol. The number of ketones is 1. The van der Waals surface area contributed by atoms with E-state index in [1.807, 2.05) is 0 Å². The van der Waals surface area contributed by atoms with E-state index in [4.69, 9.17) is 26.8 Å². The summed E-state index contributed by atoms with van der Waals surface area (Å²) in [6.07, 6.45) is 0. The van der Waals surface area contributed by atoms with Crippen molar-refractivity contribution in [3.8, 4) is 5.75 Å². The normalized spacial score (nSPS) is 10.4. The summed E-state index contributed by atoms with van der Waals surface area (Å²) in [4.78, 5) is 24.3. The standard InChI is InChI=1S/C15H16ClN3O4/c1-8-13(14(17)19(2)18-8)15(21)23-7-12(20)10-6-9(22-3)4-5-11(10)16/h4-6H,7,17H2,1-3H3. The number of anilines is 1. The van der Waals surface area contributed by atoms with Crippen LogP contribution >= 0.6 is 11.6 Å². The minimum absolute atomic E-state index is 0.150. The van der Waals surface area contributed by atoms with Crippen molar-refractivity contribution in [3.63, 3.8) is 0 Å². The summed E-state index contributed by atoms with van der Waals surface area (Å²) in [6, 6.07) is 4.66. The van der Waals surface area contributed by atoms with E-state index in [0.717, 1.165) is 0 Å². The highest BCUT2D eigenvalue weighted by Gasteiger charge is 2.21. The number of benzene rings is 1. The number of esters is 1. The van der Waals surface area contributed by atoms with Crippen molar-refractivity contribution in [1.29, 1.82) is 0 Å². The van der Waals surface area contributed by atoms with Gasteiger partial charge >= 0.3 is 5.97 Å². The van der Waals surface area contributed by atoms with Crippen LogP contribution in [-0.2, 0) is 11.8 Å². The van der Waals surface area contributed by atoms with E-state index in [1.54, 1.807) is 26.1 Å². The van der Waals surface area contributed by atoms with Gasteiger partial charge in [-0.1, -0.05) is 11.6 Å². The van der Waals surface area contributed by atoms with Crippen LogP contribution in [0.1, 0.15) is 26.4 Å². The molecule has 1 aromatic heterocycles. The van der Waals surface area contributed by atoms with Gasteiger partial charge in [-0.15, -0.1) is 0 Å². The number of carbonyl (C=O) groups excluding carboxylic acids is 2. The van der Waals surface area contributed by atoms with E-state index in [9.17, 15) is 9.59 Å². The highest BCUT2D eigenvalue weighted by atomic mass is 35.5. The van der Waals surface area contributed by atoms with Crippen LogP contribution in [0.5, 0.6) is 5.75 Å². The van der Waals surface area contributed by atoms with Gasteiger partial charge in [-0.2, -0.15) is 5.10 Å². The Morgan fingerprint density at radius 2 is 2.09 bits per heavy atom. The molecule has 0 aliphatic carbocycles. The molecule has 0 saturated heterocycles. The van der Waals surface area contributed by atoms with Gasteiger partial charge in [0.1, 0.15) is 17.1 Å². The van der Waals surface area contributed by atoms with E-state index in [1.165, 1.54) is 17.9 Å². The van der Waals surface area contributed by atoms with Crippen molar-refractivity contribution >= 4 is 29.2 Å². The number of rotatable bonds is 5. The van der Waals surface area contributed by atoms with Crippen LogP contribution in [-0.4, -0.2) is 35.2 Å². The lowest BCUT2D eigenvalue weighted by Gasteiger charge is -2.07. The minimum Gasteiger partial charge on any atom is -0.497 e. The molecule has 2 aromatic rings. The fourth-order valence-corrected chi connectivity index (χ4v) is 2.28. The lowest BCUT2D eigenvalue weighted by atomic mass is 10.1. The summed E-state index contributed by atoms with van der Waals surface area (Å²) in [6.45, 7) is 1.17. The van der Waals surface area contributed by atoms with Gasteiger partial charge in [-0.25, -0.2) is 4.79 Å². The number of carbonyl (C=O) groups is 2. The molecular weight excluding hydrogens is 322 g/mol. The Hall–Kier alpha value is -2.54. The van der Waals surface area contributed by atoms with Crippen molar-refractivity contribution in [2.45, 2.75) is 6.92 Å². The number of nitrogens with two attached hydrogens (primary N) is 1. The number of aryl methyl sites for hydroxylation is 2. The van der Waals surface area contributed by atoms with Gasteiger partial charge in [-0.3, -0.25) is 9.48 Å². The summed E-state index contributed by atoms with van der Waals surface area (Å²) >= 11 is 5.98. The maximum atomic E-state index is 12.2. The number of ether oxygens (including phenoxy) is 2. The number of methoxy groups -OCH3 is 1. The zero-order chi connectivity index (χ0) is 17.1. The van der Waals surface area contributed by atoms with Gasteiger partial charge in [0.25, 0.3) is 0 Å². The second-order valence-electron chi connectivity index (χ2n) is 4.81. The van der Waals surface area contributed by atoms with Crippen LogP contribution < -0.4 is 10.5 Å². The van der Waals surface area contributed by atoms with E-state index in [-0.39, 0.29) is 22.0 Å². The molecule has 0 bridgehead atoms. The minimum atomic E-state index is -0.708. The molecule has 0 atom stereocenters. The van der Waals surface area contributed by atoms with Crippen LogP contribution in [0, 0.1) is 6.92 Å². The quantitative estimate of drug-likeness (QED) is 0.662. The molecule has 122 valence electrons. The van der Waals surface area contributed by atoms with Gasteiger partial charge in [0, 0.05) is 12.6 Å². The molecule has 0 aliphatic heterocycles. The Labute approximate surface area is 137 Å². The van der Waals surface area contributed by atoms with Gasteiger partial charge in [0.15, 0.2) is 6.61 Å². The number of Topliss-reactive ketones (excluding diaryl/α,β-unsaturated/α-hetero) is 1. The molecule has 0 saturated carbocycles. The van der Waals surface area contributed by atoms with Crippen molar-refractivity contribution in [2.24, 2.45) is 7.05 Å². The zero-order valence-corrected chi connectivity index (χ0v) is 13.7. The Morgan fingerprint density at radius 3 is 2.65 bits per heavy atom. The zero-order valence-electron chi connectivity index (χ0n) is 12.9. The Kier molecular flexibility index (Phi) is 4.90. The first kappa shape index (κ1) is 16.8. The van der Waals surface area contributed by atoms with Crippen molar-refractivity contribution in [1.82, 2.24) is 9.78 Å². The highest BCUT2D eigenvalue weighted by Crippen LogP contribution is 2.23. The Balaban J connectivity index is 2.11. The van der Waals surface area contributed by atoms with Crippen molar-refractivity contribution < 1.29 is 19.1 Å². The van der Waals surface area contributed by atoms with Crippen LogP contribution in [0.3, 0.4) is 0 Å². The summed E-state index contributed by atoms with van der Waals surface area (Å²) in [5.41, 5.74) is 6.56. The van der Waals surface area contributed by atoms with Crippen molar-refractivity contribution in [3.05, 3.63) is 40.0 Å². The third-order valence-electron chi connectivity index (χ3n) is 3.28. The van der Waals surface area contributed by atoms with E-state index in [2.05, 4.69) is 5.10 Å². The third-order valence-corrected chi connectivity index (χ3v) is 3.61. The molecule has 1 aromatic carbocycles. The Morgan fingerprint density at radius 1 is 1.39 bits per heavy atom. The molecule has 0 spiro atoms. The fraction of sp³-hybridized carbons (Fsp3) is 0.267. The number of nitrogens with zero attached hydrogens (tertiary/aromatic N) is 2. The van der Waals surface area contributed by atoms with E-state index in [0.29, 0.717) is 11.4 Å². The van der Waals surface area contributed by atoms with Crippen LogP contribution in [0.2, 0.25) is 5.02 Å². The number of hydrogen-bond acceptors (Lipinski definition) is 6.